The summed E-state index contributed by atoms with van der Waals surface area (Å²) in [6, 6.07) is 18.6. The van der Waals surface area contributed by atoms with E-state index in [0.717, 1.165) is 21.4 Å². The van der Waals surface area contributed by atoms with Crippen LogP contribution in [0.5, 0.6) is 0 Å². The number of hydrogen-bond acceptors (Lipinski definition) is 1. The lowest BCUT2D eigenvalue weighted by Crippen LogP contribution is -1.88. The number of aromatic nitrogens is 2. The molecule has 0 N–H and O–H groups in total. The van der Waals surface area contributed by atoms with Gasteiger partial charge < -0.3 is 4.40 Å². The summed E-state index contributed by atoms with van der Waals surface area (Å²) in [6.45, 7) is 6.14. The van der Waals surface area contributed by atoms with E-state index >= 15 is 0 Å². The molecular formula is C22H20BrClN2. The zero-order valence-electron chi connectivity index (χ0n) is 15.0. The molecule has 132 valence electrons. The molecule has 2 aromatic carbocycles. The molecule has 2 aromatic heterocycles. The lowest BCUT2D eigenvalue weighted by atomic mass is 9.95. The van der Waals surface area contributed by atoms with Crippen LogP contribution in [0.3, 0.4) is 0 Å². The van der Waals surface area contributed by atoms with Crippen LogP contribution in [0.1, 0.15) is 19.4 Å². The summed E-state index contributed by atoms with van der Waals surface area (Å²) in [5.41, 5.74) is 6.44. The first-order chi connectivity index (χ1) is 12.6. The van der Waals surface area contributed by atoms with Crippen molar-refractivity contribution in [1.82, 2.24) is 9.38 Å². The molecule has 0 aliphatic carbocycles. The summed E-state index contributed by atoms with van der Waals surface area (Å²) in [7, 11) is 0. The highest BCUT2D eigenvalue weighted by molar-refractivity contribution is 9.10. The molecule has 4 aromatic rings. The van der Waals surface area contributed by atoms with E-state index in [1.165, 1.54) is 16.7 Å². The quantitative estimate of drug-likeness (QED) is 0.325. The van der Waals surface area contributed by atoms with Gasteiger partial charge in [-0.15, -0.1) is 0 Å². The fraction of sp³-hybridized carbons (Fsp3) is 0.136. The van der Waals surface area contributed by atoms with Crippen LogP contribution in [0.25, 0.3) is 28.0 Å². The van der Waals surface area contributed by atoms with Gasteiger partial charge in [-0.2, -0.15) is 0 Å². The van der Waals surface area contributed by atoms with Crippen molar-refractivity contribution < 1.29 is 0 Å². The van der Waals surface area contributed by atoms with Crippen molar-refractivity contribution in [2.24, 2.45) is 0 Å². The Morgan fingerprint density at radius 3 is 2.35 bits per heavy atom. The van der Waals surface area contributed by atoms with Crippen LogP contribution in [0, 0.1) is 6.92 Å². The van der Waals surface area contributed by atoms with Gasteiger partial charge in [-0.3, -0.25) is 0 Å². The van der Waals surface area contributed by atoms with E-state index in [2.05, 4.69) is 65.3 Å². The third kappa shape index (κ3) is 3.55. The Kier molecular flexibility index (Phi) is 5.80. The van der Waals surface area contributed by atoms with Crippen molar-refractivity contribution in [3.05, 3.63) is 82.0 Å². The van der Waals surface area contributed by atoms with E-state index in [9.17, 15) is 0 Å². The highest BCUT2D eigenvalue weighted by atomic mass is 79.9. The number of halogens is 2. The molecule has 0 aliphatic rings. The van der Waals surface area contributed by atoms with E-state index in [0.29, 0.717) is 5.02 Å². The molecule has 0 spiro atoms. The number of fused-ring (bicyclic) bond motifs is 1. The Hall–Kier alpha value is -2.10. The van der Waals surface area contributed by atoms with Crippen molar-refractivity contribution in [3.63, 3.8) is 0 Å². The van der Waals surface area contributed by atoms with Crippen LogP contribution >= 0.6 is 27.5 Å². The smallest absolute Gasteiger partial charge is 0.156 e. The first-order valence-electron chi connectivity index (χ1n) is 8.62. The number of nitrogens with zero attached hydrogens (tertiary/aromatic N) is 2. The summed E-state index contributed by atoms with van der Waals surface area (Å²) in [5, 5.41) is 0.632. The normalized spacial score (nSPS) is 10.5. The molecule has 4 heteroatoms. The number of imidazole rings is 1. The molecule has 0 saturated heterocycles. The molecule has 2 heterocycles. The Morgan fingerprint density at radius 2 is 1.62 bits per heavy atom. The van der Waals surface area contributed by atoms with Gasteiger partial charge in [0.1, 0.15) is 0 Å². The fourth-order valence-electron chi connectivity index (χ4n) is 3.00. The fourth-order valence-corrected chi connectivity index (χ4v) is 3.84. The van der Waals surface area contributed by atoms with Crippen LogP contribution in [0.15, 0.2) is 71.5 Å². The van der Waals surface area contributed by atoms with Crippen molar-refractivity contribution in [3.8, 4) is 22.4 Å². The van der Waals surface area contributed by atoms with Crippen LogP contribution in [0.4, 0.5) is 0 Å². The maximum atomic E-state index is 6.32. The van der Waals surface area contributed by atoms with Crippen molar-refractivity contribution in [2.45, 2.75) is 20.8 Å². The molecule has 0 atom stereocenters. The number of pyridine rings is 1. The minimum absolute atomic E-state index is 0.632. The zero-order chi connectivity index (χ0) is 18.7. The van der Waals surface area contributed by atoms with Crippen LogP contribution in [0.2, 0.25) is 5.02 Å². The summed E-state index contributed by atoms with van der Waals surface area (Å²) >= 11 is 9.79. The molecule has 0 fully saturated rings. The van der Waals surface area contributed by atoms with Gasteiger partial charge >= 0.3 is 0 Å². The van der Waals surface area contributed by atoms with Gasteiger partial charge in [0, 0.05) is 22.4 Å². The van der Waals surface area contributed by atoms with Gasteiger partial charge in [-0.05, 0) is 45.6 Å². The van der Waals surface area contributed by atoms with Crippen molar-refractivity contribution >= 4 is 33.2 Å². The van der Waals surface area contributed by atoms with Gasteiger partial charge in [0.25, 0.3) is 0 Å². The van der Waals surface area contributed by atoms with Gasteiger partial charge in [-0.25, -0.2) is 4.98 Å². The number of hydrogen-bond donors (Lipinski definition) is 0. The van der Waals surface area contributed by atoms with E-state index < -0.39 is 0 Å². The Bertz CT molecular complexity index is 1040. The lowest BCUT2D eigenvalue weighted by Gasteiger charge is -2.10. The van der Waals surface area contributed by atoms with Gasteiger partial charge in [-0.1, -0.05) is 74.0 Å². The largest absolute Gasteiger partial charge is 0.304 e. The molecular weight excluding hydrogens is 408 g/mol. The predicted octanol–water partition coefficient (Wildman–Crippen LogP) is 7.42. The first-order valence-corrected chi connectivity index (χ1v) is 9.80. The second kappa shape index (κ2) is 8.07. The van der Waals surface area contributed by atoms with E-state index in [4.69, 9.17) is 16.6 Å². The molecule has 2 nitrogen and oxygen atoms in total. The van der Waals surface area contributed by atoms with E-state index in [1.54, 1.807) is 0 Å². The average Bonchev–Trinajstić information content (AvgIpc) is 3.08. The maximum absolute atomic E-state index is 6.32. The van der Waals surface area contributed by atoms with Crippen LogP contribution in [-0.4, -0.2) is 9.38 Å². The molecule has 0 bridgehead atoms. The van der Waals surface area contributed by atoms with Gasteiger partial charge in [0.05, 0.1) is 10.7 Å². The molecule has 0 amide bonds. The molecule has 0 saturated carbocycles. The molecule has 4 rings (SSSR count). The lowest BCUT2D eigenvalue weighted by molar-refractivity contribution is 1.17. The Morgan fingerprint density at radius 1 is 0.923 bits per heavy atom. The Labute approximate surface area is 167 Å². The van der Waals surface area contributed by atoms with E-state index in [-0.39, 0.29) is 0 Å². The minimum Gasteiger partial charge on any atom is -0.304 e. The number of benzene rings is 2. The maximum Gasteiger partial charge on any atom is 0.156 e. The highest BCUT2D eigenvalue weighted by Crippen LogP contribution is 2.32. The second-order valence-corrected chi connectivity index (χ2v) is 7.03. The average molecular weight is 428 g/mol. The summed E-state index contributed by atoms with van der Waals surface area (Å²) in [6.07, 6.45) is 3.98. The zero-order valence-corrected chi connectivity index (χ0v) is 17.3. The summed E-state index contributed by atoms with van der Waals surface area (Å²) in [5.74, 6) is 0. The van der Waals surface area contributed by atoms with Crippen molar-refractivity contribution in [2.75, 3.05) is 0 Å². The molecule has 0 radical (unpaired) electrons. The standard InChI is InChI=1S/C20H14BrClN2.C2H6/c1-13-16(14-6-3-2-4-7-14)8-5-9-17(13)19-12-24-11-15(21)10-18(22)20(24)23-19;1-2/h2-12H,1H3;1-2H3. The first kappa shape index (κ1) is 18.7. The van der Waals surface area contributed by atoms with E-state index in [1.807, 2.05) is 42.8 Å². The predicted molar refractivity (Wildman–Crippen MR) is 115 cm³/mol. The van der Waals surface area contributed by atoms with Gasteiger partial charge in [0.15, 0.2) is 5.65 Å². The third-order valence-corrected chi connectivity index (χ3v) is 4.88. The van der Waals surface area contributed by atoms with Crippen LogP contribution < -0.4 is 0 Å². The third-order valence-electron chi connectivity index (χ3n) is 4.17. The molecule has 26 heavy (non-hydrogen) atoms. The number of rotatable bonds is 2. The molecule has 0 aliphatic heterocycles. The van der Waals surface area contributed by atoms with Crippen molar-refractivity contribution in [1.29, 1.82) is 0 Å². The second-order valence-electron chi connectivity index (χ2n) is 5.71. The Balaban J connectivity index is 0.000000948. The van der Waals surface area contributed by atoms with Crippen LogP contribution in [-0.2, 0) is 0 Å². The topological polar surface area (TPSA) is 17.3 Å². The minimum atomic E-state index is 0.632. The monoisotopic (exact) mass is 426 g/mol. The summed E-state index contributed by atoms with van der Waals surface area (Å²) in [4.78, 5) is 4.73. The summed E-state index contributed by atoms with van der Waals surface area (Å²) < 4.78 is 2.88. The SMILES string of the molecule is CC.Cc1c(-c2ccccc2)cccc1-c1cn2cc(Br)cc(Cl)c2n1. The highest BCUT2D eigenvalue weighted by Gasteiger charge is 2.12. The van der Waals surface area contributed by atoms with Gasteiger partial charge in [0.2, 0.25) is 0 Å². The molecule has 0 unspecified atom stereocenters.